The quantitative estimate of drug-likeness (QED) is 0.867. The first-order valence-electron chi connectivity index (χ1n) is 6.90. The number of carbonyl (C=O) groups is 1. The number of nitrogens with zero attached hydrogens (tertiary/aromatic N) is 1. The monoisotopic (exact) mass is 279 g/mol. The maximum absolute atomic E-state index is 10.9. The molecule has 0 fully saturated rings. The van der Waals surface area contributed by atoms with Crippen LogP contribution in [0.4, 0.5) is 0 Å². The lowest BCUT2D eigenvalue weighted by atomic mass is 10.0. The van der Waals surface area contributed by atoms with E-state index in [0.29, 0.717) is 0 Å². The van der Waals surface area contributed by atoms with E-state index >= 15 is 0 Å². The lowest BCUT2D eigenvalue weighted by molar-refractivity contribution is -0.138. The first kappa shape index (κ1) is 14.7. The molecule has 0 bridgehead atoms. The van der Waals surface area contributed by atoms with Crippen LogP contribution >= 0.6 is 0 Å². The molecule has 1 aliphatic heterocycles. The Hall–Kier alpha value is -1.75. The van der Waals surface area contributed by atoms with Crippen molar-refractivity contribution in [3.8, 4) is 11.5 Å². The van der Waals surface area contributed by atoms with Gasteiger partial charge in [0.1, 0.15) is 0 Å². The van der Waals surface area contributed by atoms with E-state index in [4.69, 9.17) is 14.6 Å². The van der Waals surface area contributed by atoms with Crippen molar-refractivity contribution >= 4 is 5.97 Å². The Balaban J connectivity index is 2.15. The molecule has 1 N–H and O–H groups in total. The highest BCUT2D eigenvalue weighted by Crippen LogP contribution is 2.35. The van der Waals surface area contributed by atoms with Crippen LogP contribution in [0.1, 0.15) is 38.8 Å². The molecular weight excluding hydrogens is 258 g/mol. The van der Waals surface area contributed by atoms with Crippen LogP contribution in [0.25, 0.3) is 0 Å². The van der Waals surface area contributed by atoms with Gasteiger partial charge < -0.3 is 14.6 Å². The number of hydrogen-bond donors (Lipinski definition) is 1. The summed E-state index contributed by atoms with van der Waals surface area (Å²) in [6.45, 7) is 7.13. The van der Waals surface area contributed by atoms with Gasteiger partial charge in [0.05, 0.1) is 6.42 Å². The summed E-state index contributed by atoms with van der Waals surface area (Å²) < 4.78 is 10.7. The van der Waals surface area contributed by atoms with Gasteiger partial charge in [-0.25, -0.2) is 0 Å². The molecule has 1 aromatic rings. The van der Waals surface area contributed by atoms with Crippen molar-refractivity contribution in [2.24, 2.45) is 0 Å². The summed E-state index contributed by atoms with van der Waals surface area (Å²) in [6, 6.07) is 6.00. The number of fused-ring (bicyclic) bond motifs is 1. The van der Waals surface area contributed by atoms with Crippen molar-refractivity contribution in [1.29, 1.82) is 0 Å². The highest BCUT2D eigenvalue weighted by Gasteiger charge is 2.23. The zero-order chi connectivity index (χ0) is 14.7. The average Bonchev–Trinajstić information content (AvgIpc) is 2.85. The second-order valence-electron chi connectivity index (χ2n) is 5.07. The highest BCUT2D eigenvalue weighted by molar-refractivity contribution is 5.67. The van der Waals surface area contributed by atoms with Crippen LogP contribution in [0.3, 0.4) is 0 Å². The minimum Gasteiger partial charge on any atom is -0.481 e. The molecule has 1 aromatic carbocycles. The topological polar surface area (TPSA) is 59.0 Å². The Morgan fingerprint density at radius 2 is 2.05 bits per heavy atom. The van der Waals surface area contributed by atoms with Gasteiger partial charge in [0, 0.05) is 12.1 Å². The summed E-state index contributed by atoms with van der Waals surface area (Å²) in [7, 11) is 0. The second-order valence-corrected chi connectivity index (χ2v) is 5.07. The first-order valence-corrected chi connectivity index (χ1v) is 6.90. The predicted octanol–water partition coefficient (Wildman–Crippen LogP) is 2.66. The van der Waals surface area contributed by atoms with E-state index in [1.807, 2.05) is 32.0 Å². The molecule has 0 aromatic heterocycles. The van der Waals surface area contributed by atoms with E-state index in [9.17, 15) is 4.79 Å². The summed E-state index contributed by atoms with van der Waals surface area (Å²) in [5.41, 5.74) is 1.10. The first-order chi connectivity index (χ1) is 9.52. The zero-order valence-corrected chi connectivity index (χ0v) is 12.1. The Labute approximate surface area is 119 Å². The Morgan fingerprint density at radius 3 is 2.70 bits per heavy atom. The smallest absolute Gasteiger partial charge is 0.304 e. The Kier molecular flexibility index (Phi) is 4.49. The van der Waals surface area contributed by atoms with Crippen molar-refractivity contribution in [2.45, 2.75) is 39.3 Å². The molecule has 2 unspecified atom stereocenters. The van der Waals surface area contributed by atoms with Crippen molar-refractivity contribution in [3.05, 3.63) is 23.8 Å². The Morgan fingerprint density at radius 1 is 1.35 bits per heavy atom. The normalized spacial score (nSPS) is 16.2. The number of carboxylic acid groups (broad SMARTS) is 1. The largest absolute Gasteiger partial charge is 0.481 e. The summed E-state index contributed by atoms with van der Waals surface area (Å²) in [5, 5.41) is 8.94. The molecule has 2 rings (SSSR count). The molecule has 1 aliphatic rings. The van der Waals surface area contributed by atoms with Gasteiger partial charge in [-0.1, -0.05) is 13.0 Å². The summed E-state index contributed by atoms with van der Waals surface area (Å²) >= 11 is 0. The van der Waals surface area contributed by atoms with Gasteiger partial charge in [-0.3, -0.25) is 9.69 Å². The van der Waals surface area contributed by atoms with E-state index in [1.54, 1.807) is 0 Å². The number of hydrogen-bond acceptors (Lipinski definition) is 4. The van der Waals surface area contributed by atoms with Crippen LogP contribution in [0.5, 0.6) is 11.5 Å². The van der Waals surface area contributed by atoms with Gasteiger partial charge in [-0.05, 0) is 38.1 Å². The van der Waals surface area contributed by atoms with Gasteiger partial charge in [0.15, 0.2) is 11.5 Å². The number of ether oxygens (including phenoxy) is 2. The van der Waals surface area contributed by atoms with E-state index in [2.05, 4.69) is 11.8 Å². The van der Waals surface area contributed by atoms with Crippen LogP contribution in [0, 0.1) is 0 Å². The molecule has 0 aliphatic carbocycles. The van der Waals surface area contributed by atoms with E-state index < -0.39 is 5.97 Å². The van der Waals surface area contributed by atoms with Crippen molar-refractivity contribution < 1.29 is 19.4 Å². The van der Waals surface area contributed by atoms with Crippen LogP contribution in [-0.4, -0.2) is 35.4 Å². The SMILES string of the molecule is CCN(C(C)CC(=O)O)C(C)c1ccc2c(c1)OCO2. The number of benzene rings is 1. The molecule has 20 heavy (non-hydrogen) atoms. The maximum Gasteiger partial charge on any atom is 0.304 e. The number of rotatable bonds is 6. The highest BCUT2D eigenvalue weighted by atomic mass is 16.7. The predicted molar refractivity (Wildman–Crippen MR) is 75.1 cm³/mol. The lowest BCUT2D eigenvalue weighted by Gasteiger charge is -2.33. The molecule has 0 saturated carbocycles. The third-order valence-electron chi connectivity index (χ3n) is 3.78. The molecule has 0 radical (unpaired) electrons. The van der Waals surface area contributed by atoms with Crippen molar-refractivity contribution in [1.82, 2.24) is 4.90 Å². The van der Waals surface area contributed by atoms with E-state index in [0.717, 1.165) is 23.6 Å². The molecule has 0 amide bonds. The fourth-order valence-corrected chi connectivity index (χ4v) is 2.70. The average molecular weight is 279 g/mol. The third kappa shape index (κ3) is 3.04. The molecule has 5 nitrogen and oxygen atoms in total. The van der Waals surface area contributed by atoms with Crippen LogP contribution in [0.2, 0.25) is 0 Å². The van der Waals surface area contributed by atoms with E-state index in [1.165, 1.54) is 0 Å². The number of aliphatic carboxylic acids is 1. The molecule has 5 heteroatoms. The molecule has 2 atom stereocenters. The molecule has 0 spiro atoms. The van der Waals surface area contributed by atoms with E-state index in [-0.39, 0.29) is 25.3 Å². The fourth-order valence-electron chi connectivity index (χ4n) is 2.70. The Bertz CT molecular complexity index is 489. The van der Waals surface area contributed by atoms with Gasteiger partial charge in [0.25, 0.3) is 0 Å². The second kappa shape index (κ2) is 6.13. The minimum atomic E-state index is -0.770. The van der Waals surface area contributed by atoms with Gasteiger partial charge in [-0.2, -0.15) is 0 Å². The molecule has 1 heterocycles. The maximum atomic E-state index is 10.9. The molecular formula is C15H21NO4. The number of carboxylic acids is 1. The fraction of sp³-hybridized carbons (Fsp3) is 0.533. The summed E-state index contributed by atoms with van der Waals surface area (Å²) in [4.78, 5) is 13.1. The standard InChI is InChI=1S/C15H21NO4/c1-4-16(10(2)7-15(17)18)11(3)12-5-6-13-14(8-12)20-9-19-13/h5-6,8,10-11H,4,7,9H2,1-3H3,(H,17,18). The molecule has 0 saturated heterocycles. The van der Waals surface area contributed by atoms with Crippen LogP contribution in [0.15, 0.2) is 18.2 Å². The minimum absolute atomic E-state index is 0.0158. The zero-order valence-electron chi connectivity index (χ0n) is 12.1. The summed E-state index contributed by atoms with van der Waals surface area (Å²) in [6.07, 6.45) is 0.142. The van der Waals surface area contributed by atoms with Crippen LogP contribution in [-0.2, 0) is 4.79 Å². The van der Waals surface area contributed by atoms with Crippen LogP contribution < -0.4 is 9.47 Å². The third-order valence-corrected chi connectivity index (χ3v) is 3.78. The molecule has 110 valence electrons. The van der Waals surface area contributed by atoms with Crippen molar-refractivity contribution in [3.63, 3.8) is 0 Å². The van der Waals surface area contributed by atoms with Gasteiger partial charge >= 0.3 is 5.97 Å². The summed E-state index contributed by atoms with van der Waals surface area (Å²) in [5.74, 6) is 0.757. The van der Waals surface area contributed by atoms with Gasteiger partial charge in [0.2, 0.25) is 6.79 Å². The lowest BCUT2D eigenvalue weighted by Crippen LogP contribution is -2.36. The van der Waals surface area contributed by atoms with Gasteiger partial charge in [-0.15, -0.1) is 0 Å². The van der Waals surface area contributed by atoms with Crippen molar-refractivity contribution in [2.75, 3.05) is 13.3 Å².